The van der Waals surface area contributed by atoms with Crippen LogP contribution in [0.3, 0.4) is 0 Å². The van der Waals surface area contributed by atoms with Gasteiger partial charge in [-0.2, -0.15) is 0 Å². The SMILES string of the molecule is Cc1noc(C)c1CC(C)NC(=O)NC(C)c1ccccc1Cl. The number of benzene rings is 1. The van der Waals surface area contributed by atoms with Crippen molar-refractivity contribution in [3.8, 4) is 0 Å². The smallest absolute Gasteiger partial charge is 0.315 e. The Balaban J connectivity index is 1.90. The van der Waals surface area contributed by atoms with Gasteiger partial charge in [0.25, 0.3) is 0 Å². The van der Waals surface area contributed by atoms with Gasteiger partial charge in [-0.1, -0.05) is 35.0 Å². The van der Waals surface area contributed by atoms with Crippen LogP contribution in [-0.4, -0.2) is 17.2 Å². The van der Waals surface area contributed by atoms with Crippen LogP contribution in [0.4, 0.5) is 4.79 Å². The molecule has 0 fully saturated rings. The standard InChI is InChI=1S/C17H22ClN3O2/c1-10(9-15-12(3)21-23-13(15)4)19-17(22)20-11(2)14-7-5-6-8-16(14)18/h5-8,10-11H,9H2,1-4H3,(H2,19,20,22). The van der Waals surface area contributed by atoms with Crippen molar-refractivity contribution in [3.05, 3.63) is 51.9 Å². The molecule has 0 bridgehead atoms. The number of nitrogens with zero attached hydrogens (tertiary/aromatic N) is 1. The molecule has 1 heterocycles. The van der Waals surface area contributed by atoms with E-state index in [4.69, 9.17) is 16.1 Å². The first-order chi connectivity index (χ1) is 10.9. The Morgan fingerprint density at radius 3 is 2.57 bits per heavy atom. The Hall–Kier alpha value is -2.01. The number of hydrogen-bond acceptors (Lipinski definition) is 3. The molecular formula is C17H22ClN3O2. The molecule has 2 atom stereocenters. The molecule has 2 amide bonds. The summed E-state index contributed by atoms with van der Waals surface area (Å²) in [4.78, 5) is 12.1. The van der Waals surface area contributed by atoms with E-state index in [9.17, 15) is 4.79 Å². The van der Waals surface area contributed by atoms with E-state index in [1.54, 1.807) is 0 Å². The minimum Gasteiger partial charge on any atom is -0.361 e. The third-order valence-electron chi connectivity index (χ3n) is 3.79. The van der Waals surface area contributed by atoms with E-state index in [2.05, 4.69) is 15.8 Å². The average molecular weight is 336 g/mol. The number of halogens is 1. The highest BCUT2D eigenvalue weighted by Gasteiger charge is 2.16. The summed E-state index contributed by atoms with van der Waals surface area (Å²) in [6, 6.07) is 7.05. The van der Waals surface area contributed by atoms with Gasteiger partial charge in [0.05, 0.1) is 11.7 Å². The topological polar surface area (TPSA) is 67.2 Å². The summed E-state index contributed by atoms with van der Waals surface area (Å²) < 4.78 is 5.14. The Kier molecular flexibility index (Phi) is 5.66. The molecular weight excluding hydrogens is 314 g/mol. The summed E-state index contributed by atoms with van der Waals surface area (Å²) >= 11 is 6.15. The van der Waals surface area contributed by atoms with Gasteiger partial charge in [-0.05, 0) is 45.7 Å². The van der Waals surface area contributed by atoms with Crippen LogP contribution in [0.25, 0.3) is 0 Å². The molecule has 0 saturated carbocycles. The van der Waals surface area contributed by atoms with Gasteiger partial charge in [0, 0.05) is 16.6 Å². The van der Waals surface area contributed by atoms with Crippen LogP contribution in [0.15, 0.2) is 28.8 Å². The maximum Gasteiger partial charge on any atom is 0.315 e. The summed E-state index contributed by atoms with van der Waals surface area (Å²) in [6.07, 6.45) is 0.676. The molecule has 0 aliphatic carbocycles. The Labute approximate surface area is 141 Å². The summed E-state index contributed by atoms with van der Waals surface area (Å²) in [5.41, 5.74) is 2.79. The zero-order valence-corrected chi connectivity index (χ0v) is 14.6. The maximum absolute atomic E-state index is 12.1. The molecule has 0 spiro atoms. The van der Waals surface area contributed by atoms with Gasteiger partial charge in [-0.25, -0.2) is 4.79 Å². The molecule has 1 aromatic carbocycles. The lowest BCUT2D eigenvalue weighted by molar-refractivity contribution is 0.234. The molecule has 0 aliphatic rings. The second-order valence-corrected chi connectivity index (χ2v) is 6.18. The molecule has 2 rings (SSSR count). The lowest BCUT2D eigenvalue weighted by atomic mass is 10.1. The highest BCUT2D eigenvalue weighted by atomic mass is 35.5. The molecule has 0 aliphatic heterocycles. The molecule has 0 saturated heterocycles. The van der Waals surface area contributed by atoms with Crippen LogP contribution < -0.4 is 10.6 Å². The van der Waals surface area contributed by atoms with Crippen molar-refractivity contribution in [2.75, 3.05) is 0 Å². The first-order valence-corrected chi connectivity index (χ1v) is 7.99. The lowest BCUT2D eigenvalue weighted by Gasteiger charge is -2.19. The lowest BCUT2D eigenvalue weighted by Crippen LogP contribution is -2.42. The molecule has 124 valence electrons. The van der Waals surface area contributed by atoms with Gasteiger partial charge in [0.1, 0.15) is 5.76 Å². The zero-order valence-electron chi connectivity index (χ0n) is 13.8. The fourth-order valence-electron chi connectivity index (χ4n) is 2.52. The second-order valence-electron chi connectivity index (χ2n) is 5.77. The van der Waals surface area contributed by atoms with Crippen molar-refractivity contribution in [1.82, 2.24) is 15.8 Å². The zero-order chi connectivity index (χ0) is 17.0. The van der Waals surface area contributed by atoms with Crippen molar-refractivity contribution in [1.29, 1.82) is 0 Å². The second kappa shape index (κ2) is 7.51. The average Bonchev–Trinajstić information content (AvgIpc) is 2.79. The minimum atomic E-state index is -0.225. The van der Waals surface area contributed by atoms with Gasteiger partial charge >= 0.3 is 6.03 Å². The van der Waals surface area contributed by atoms with Crippen LogP contribution in [0.2, 0.25) is 5.02 Å². The van der Waals surface area contributed by atoms with E-state index < -0.39 is 0 Å². The van der Waals surface area contributed by atoms with Crippen LogP contribution in [0, 0.1) is 13.8 Å². The fraction of sp³-hybridized carbons (Fsp3) is 0.412. The summed E-state index contributed by atoms with van der Waals surface area (Å²) in [5, 5.41) is 10.4. The van der Waals surface area contributed by atoms with Gasteiger partial charge in [-0.15, -0.1) is 0 Å². The number of aromatic nitrogens is 1. The van der Waals surface area contributed by atoms with E-state index in [-0.39, 0.29) is 18.1 Å². The number of hydrogen-bond donors (Lipinski definition) is 2. The Morgan fingerprint density at radius 1 is 1.26 bits per heavy atom. The molecule has 1 aromatic heterocycles. The maximum atomic E-state index is 12.1. The predicted octanol–water partition coefficient (Wildman–Crippen LogP) is 3.94. The molecule has 2 aromatic rings. The van der Waals surface area contributed by atoms with E-state index in [1.165, 1.54) is 0 Å². The van der Waals surface area contributed by atoms with Gasteiger partial charge in [-0.3, -0.25) is 0 Å². The number of aryl methyl sites for hydroxylation is 2. The molecule has 0 radical (unpaired) electrons. The van der Waals surface area contributed by atoms with E-state index in [0.29, 0.717) is 11.4 Å². The van der Waals surface area contributed by atoms with E-state index in [0.717, 1.165) is 22.6 Å². The quantitative estimate of drug-likeness (QED) is 0.869. The predicted molar refractivity (Wildman–Crippen MR) is 90.7 cm³/mol. The molecule has 2 N–H and O–H groups in total. The molecule has 23 heavy (non-hydrogen) atoms. The summed E-state index contributed by atoms with van der Waals surface area (Å²) in [7, 11) is 0. The Bertz CT molecular complexity index is 665. The van der Waals surface area contributed by atoms with Crippen LogP contribution in [0.5, 0.6) is 0 Å². The van der Waals surface area contributed by atoms with Gasteiger partial charge < -0.3 is 15.2 Å². The van der Waals surface area contributed by atoms with E-state index >= 15 is 0 Å². The summed E-state index contributed by atoms with van der Waals surface area (Å²) in [5.74, 6) is 0.793. The molecule has 6 heteroatoms. The van der Waals surface area contributed by atoms with Gasteiger partial charge in [0.15, 0.2) is 0 Å². The van der Waals surface area contributed by atoms with Crippen molar-refractivity contribution in [2.45, 2.75) is 46.2 Å². The van der Waals surface area contributed by atoms with Crippen LogP contribution in [-0.2, 0) is 6.42 Å². The highest BCUT2D eigenvalue weighted by Crippen LogP contribution is 2.22. The minimum absolute atomic E-state index is 0.0368. The number of nitrogens with one attached hydrogen (secondary N) is 2. The van der Waals surface area contributed by atoms with Crippen LogP contribution >= 0.6 is 11.6 Å². The van der Waals surface area contributed by atoms with Gasteiger partial charge in [0.2, 0.25) is 0 Å². The van der Waals surface area contributed by atoms with E-state index in [1.807, 2.05) is 52.0 Å². The van der Waals surface area contributed by atoms with Crippen molar-refractivity contribution in [2.24, 2.45) is 0 Å². The normalized spacial score (nSPS) is 13.4. The third kappa shape index (κ3) is 4.48. The summed E-state index contributed by atoms with van der Waals surface area (Å²) in [6.45, 7) is 7.63. The Morgan fingerprint density at radius 2 is 1.96 bits per heavy atom. The first-order valence-electron chi connectivity index (χ1n) is 7.61. The third-order valence-corrected chi connectivity index (χ3v) is 4.13. The number of urea groups is 1. The monoisotopic (exact) mass is 335 g/mol. The highest BCUT2D eigenvalue weighted by molar-refractivity contribution is 6.31. The number of carbonyl (C=O) groups is 1. The molecule has 5 nitrogen and oxygen atoms in total. The number of rotatable bonds is 5. The van der Waals surface area contributed by atoms with Crippen molar-refractivity contribution in [3.63, 3.8) is 0 Å². The van der Waals surface area contributed by atoms with Crippen molar-refractivity contribution < 1.29 is 9.32 Å². The van der Waals surface area contributed by atoms with Crippen molar-refractivity contribution >= 4 is 17.6 Å². The first kappa shape index (κ1) is 17.3. The molecule has 2 unspecified atom stereocenters. The van der Waals surface area contributed by atoms with Crippen LogP contribution in [0.1, 0.15) is 42.5 Å². The fourth-order valence-corrected chi connectivity index (χ4v) is 2.82. The number of carbonyl (C=O) groups excluding carboxylic acids is 1. The number of amides is 2. The largest absolute Gasteiger partial charge is 0.361 e.